The Morgan fingerprint density at radius 1 is 1.07 bits per heavy atom. The van der Waals surface area contributed by atoms with E-state index in [4.69, 9.17) is 9.47 Å². The number of Topliss-reactive ketones (excluding diaryl/α,β-unsaturated/α-hetero) is 1. The molecule has 2 aromatic carbocycles. The molecular formula is C22H21NO6S. The lowest BCUT2D eigenvalue weighted by molar-refractivity contribution is 0.103. The van der Waals surface area contributed by atoms with E-state index in [1.54, 1.807) is 29.2 Å². The standard InChI is InChI=1S/C22H21NO6S/c1-28-16-7-8-17(29-22(27)23-9-3-2-4-10-23)21-19(16)20(26)18(30-21)12-13-5-6-14(24)15(25)11-13/h5-8,11-12,24-25H,2-4,9-10H2,1H3/b18-12-. The maximum absolute atomic E-state index is 13.0. The van der Waals surface area contributed by atoms with Crippen molar-refractivity contribution in [2.75, 3.05) is 20.2 Å². The number of likely N-dealkylation sites (tertiary alicyclic amines) is 1. The van der Waals surface area contributed by atoms with E-state index in [1.807, 2.05) is 0 Å². The highest BCUT2D eigenvalue weighted by atomic mass is 32.2. The number of ketones is 1. The fraction of sp³-hybridized carbons (Fsp3) is 0.273. The predicted octanol–water partition coefficient (Wildman–Crippen LogP) is 4.42. The van der Waals surface area contributed by atoms with Crippen molar-refractivity contribution in [2.45, 2.75) is 24.2 Å². The maximum Gasteiger partial charge on any atom is 0.415 e. The van der Waals surface area contributed by atoms with Crippen molar-refractivity contribution in [3.63, 3.8) is 0 Å². The van der Waals surface area contributed by atoms with Crippen LogP contribution in [0.15, 0.2) is 40.1 Å². The molecule has 0 aliphatic carbocycles. The van der Waals surface area contributed by atoms with Gasteiger partial charge in [0.1, 0.15) is 11.5 Å². The molecule has 0 unspecified atom stereocenters. The summed E-state index contributed by atoms with van der Waals surface area (Å²) >= 11 is 1.19. The van der Waals surface area contributed by atoms with Crippen LogP contribution in [-0.4, -0.2) is 47.2 Å². The number of hydrogen-bond donors (Lipinski definition) is 2. The molecule has 2 aromatic rings. The molecule has 0 saturated carbocycles. The predicted molar refractivity (Wildman–Crippen MR) is 112 cm³/mol. The third-order valence-electron chi connectivity index (χ3n) is 5.07. The van der Waals surface area contributed by atoms with Crippen LogP contribution in [0.1, 0.15) is 35.2 Å². The quantitative estimate of drug-likeness (QED) is 0.553. The van der Waals surface area contributed by atoms with Gasteiger partial charge in [-0.3, -0.25) is 4.79 Å². The molecule has 1 fully saturated rings. The van der Waals surface area contributed by atoms with Crippen LogP contribution in [0.5, 0.6) is 23.0 Å². The molecule has 2 heterocycles. The van der Waals surface area contributed by atoms with Gasteiger partial charge in [-0.05, 0) is 55.2 Å². The summed E-state index contributed by atoms with van der Waals surface area (Å²) in [6, 6.07) is 7.56. The van der Waals surface area contributed by atoms with Gasteiger partial charge in [-0.15, -0.1) is 0 Å². The molecule has 0 aromatic heterocycles. The SMILES string of the molecule is COc1ccc(OC(=O)N2CCCCC2)c2c1C(=O)/C(=C/c1ccc(O)c(O)c1)S2. The van der Waals surface area contributed by atoms with Crippen molar-refractivity contribution in [1.29, 1.82) is 0 Å². The second-order valence-corrected chi connectivity index (χ2v) is 8.13. The first kappa shape index (κ1) is 20.2. The van der Waals surface area contributed by atoms with E-state index in [0.717, 1.165) is 19.3 Å². The number of hydrogen-bond acceptors (Lipinski definition) is 7. The number of aromatic hydroxyl groups is 2. The first-order valence-corrected chi connectivity index (χ1v) is 10.4. The highest BCUT2D eigenvalue weighted by molar-refractivity contribution is 8.05. The minimum absolute atomic E-state index is 0.237. The third kappa shape index (κ3) is 3.82. The summed E-state index contributed by atoms with van der Waals surface area (Å²) < 4.78 is 11.0. The number of fused-ring (bicyclic) bond motifs is 1. The zero-order valence-electron chi connectivity index (χ0n) is 16.4. The van der Waals surface area contributed by atoms with Gasteiger partial charge in [0.25, 0.3) is 0 Å². The Morgan fingerprint density at radius 2 is 1.80 bits per heavy atom. The topological polar surface area (TPSA) is 96.3 Å². The summed E-state index contributed by atoms with van der Waals surface area (Å²) in [4.78, 5) is 28.2. The molecule has 1 saturated heterocycles. The Hall–Kier alpha value is -3.13. The summed E-state index contributed by atoms with van der Waals surface area (Å²) in [5.41, 5.74) is 0.903. The molecule has 30 heavy (non-hydrogen) atoms. The average Bonchev–Trinajstić information content (AvgIpc) is 3.08. The molecule has 8 heteroatoms. The van der Waals surface area contributed by atoms with Crippen molar-refractivity contribution >= 4 is 29.7 Å². The van der Waals surface area contributed by atoms with Crippen LogP contribution >= 0.6 is 11.8 Å². The van der Waals surface area contributed by atoms with Gasteiger partial charge in [0.05, 0.1) is 22.5 Å². The highest BCUT2D eigenvalue weighted by Crippen LogP contribution is 2.49. The average molecular weight is 427 g/mol. The van der Waals surface area contributed by atoms with E-state index in [1.165, 1.54) is 31.0 Å². The van der Waals surface area contributed by atoms with Crippen molar-refractivity contribution < 1.29 is 29.3 Å². The van der Waals surface area contributed by atoms with Crippen molar-refractivity contribution in [1.82, 2.24) is 4.90 Å². The van der Waals surface area contributed by atoms with Gasteiger partial charge in [0.15, 0.2) is 11.5 Å². The Balaban J connectivity index is 1.65. The second-order valence-electron chi connectivity index (χ2n) is 7.07. The largest absolute Gasteiger partial charge is 0.504 e. The first-order valence-electron chi connectivity index (χ1n) is 9.62. The van der Waals surface area contributed by atoms with Gasteiger partial charge < -0.3 is 24.6 Å². The number of thioether (sulfide) groups is 1. The number of carbonyl (C=O) groups is 2. The summed E-state index contributed by atoms with van der Waals surface area (Å²) in [6.07, 6.45) is 4.20. The fourth-order valence-electron chi connectivity index (χ4n) is 3.50. The molecule has 2 aliphatic heterocycles. The third-order valence-corrected chi connectivity index (χ3v) is 6.21. The van der Waals surface area contributed by atoms with Crippen LogP contribution in [0.3, 0.4) is 0 Å². The minimum Gasteiger partial charge on any atom is -0.504 e. The Morgan fingerprint density at radius 3 is 2.50 bits per heavy atom. The molecule has 0 bridgehead atoms. The number of carbonyl (C=O) groups excluding carboxylic acids is 2. The van der Waals surface area contributed by atoms with E-state index >= 15 is 0 Å². The molecule has 156 valence electrons. The zero-order valence-corrected chi connectivity index (χ0v) is 17.2. The van der Waals surface area contributed by atoms with E-state index < -0.39 is 6.09 Å². The van der Waals surface area contributed by atoms with Crippen molar-refractivity contribution in [3.05, 3.63) is 46.4 Å². The summed E-state index contributed by atoms with van der Waals surface area (Å²) in [5, 5.41) is 19.2. The van der Waals surface area contributed by atoms with Crippen LogP contribution in [0, 0.1) is 0 Å². The second kappa shape index (κ2) is 8.31. The number of methoxy groups -OCH3 is 1. The lowest BCUT2D eigenvalue weighted by Gasteiger charge is -2.26. The van der Waals surface area contributed by atoms with Gasteiger partial charge in [-0.2, -0.15) is 0 Å². The lowest BCUT2D eigenvalue weighted by Crippen LogP contribution is -2.37. The Labute approximate surface area is 177 Å². The maximum atomic E-state index is 13.0. The number of allylic oxidation sites excluding steroid dienone is 1. The monoisotopic (exact) mass is 427 g/mol. The highest BCUT2D eigenvalue weighted by Gasteiger charge is 2.34. The lowest BCUT2D eigenvalue weighted by atomic mass is 10.1. The normalized spacial score (nSPS) is 17.2. The molecule has 2 aliphatic rings. The van der Waals surface area contributed by atoms with E-state index in [-0.39, 0.29) is 17.3 Å². The molecule has 1 amide bonds. The number of nitrogens with zero attached hydrogens (tertiary/aromatic N) is 1. The molecule has 0 spiro atoms. The Bertz CT molecular complexity index is 1040. The number of ether oxygens (including phenoxy) is 2. The van der Waals surface area contributed by atoms with E-state index in [0.29, 0.717) is 45.5 Å². The molecule has 0 atom stereocenters. The van der Waals surface area contributed by atoms with Crippen molar-refractivity contribution in [3.8, 4) is 23.0 Å². The molecule has 7 nitrogen and oxygen atoms in total. The van der Waals surface area contributed by atoms with E-state index in [2.05, 4.69) is 0 Å². The van der Waals surface area contributed by atoms with Gasteiger partial charge in [-0.1, -0.05) is 17.8 Å². The van der Waals surface area contributed by atoms with Gasteiger partial charge in [0, 0.05) is 13.1 Å². The van der Waals surface area contributed by atoms with Crippen LogP contribution < -0.4 is 9.47 Å². The molecule has 0 radical (unpaired) electrons. The van der Waals surface area contributed by atoms with E-state index in [9.17, 15) is 19.8 Å². The molecular weight excluding hydrogens is 406 g/mol. The summed E-state index contributed by atoms with van der Waals surface area (Å²) in [5.74, 6) is -0.0466. The number of benzene rings is 2. The van der Waals surface area contributed by atoms with Gasteiger partial charge in [-0.25, -0.2) is 4.79 Å². The number of phenolic OH excluding ortho intramolecular Hbond substituents is 2. The molecule has 4 rings (SSSR count). The van der Waals surface area contributed by atoms with Crippen LogP contribution in [0.25, 0.3) is 6.08 Å². The van der Waals surface area contributed by atoms with Crippen LogP contribution in [-0.2, 0) is 0 Å². The number of amides is 1. The molecule has 2 N–H and O–H groups in total. The zero-order chi connectivity index (χ0) is 21.3. The van der Waals surface area contributed by atoms with Gasteiger partial charge >= 0.3 is 6.09 Å². The van der Waals surface area contributed by atoms with Gasteiger partial charge in [0.2, 0.25) is 5.78 Å². The number of piperidine rings is 1. The smallest absolute Gasteiger partial charge is 0.415 e. The summed E-state index contributed by atoms with van der Waals surface area (Å²) in [6.45, 7) is 1.33. The van der Waals surface area contributed by atoms with Crippen LogP contribution in [0.4, 0.5) is 4.79 Å². The Kier molecular flexibility index (Phi) is 5.59. The first-order chi connectivity index (χ1) is 14.5. The number of phenols is 2. The minimum atomic E-state index is -0.420. The summed E-state index contributed by atoms with van der Waals surface area (Å²) in [7, 11) is 1.48. The van der Waals surface area contributed by atoms with Crippen molar-refractivity contribution in [2.24, 2.45) is 0 Å². The fourth-order valence-corrected chi connectivity index (χ4v) is 4.62. The number of rotatable bonds is 3. The van der Waals surface area contributed by atoms with Crippen LogP contribution in [0.2, 0.25) is 0 Å².